The largest absolute Gasteiger partial charge is 0.320 e. The van der Waals surface area contributed by atoms with Crippen LogP contribution in [0, 0.1) is 27.7 Å². The Hall–Kier alpha value is -1.87. The van der Waals surface area contributed by atoms with E-state index in [1.54, 1.807) is 0 Å². The van der Waals surface area contributed by atoms with E-state index in [2.05, 4.69) is 39.0 Å². The van der Waals surface area contributed by atoms with Gasteiger partial charge in [0.2, 0.25) is 0 Å². The summed E-state index contributed by atoms with van der Waals surface area (Å²) in [4.78, 5) is 12.9. The van der Waals surface area contributed by atoms with Gasteiger partial charge in [0.05, 0.1) is 6.04 Å². The molecule has 0 aliphatic carbocycles. The highest BCUT2D eigenvalue weighted by atomic mass is 16.1. The van der Waals surface area contributed by atoms with E-state index < -0.39 is 0 Å². The fourth-order valence-corrected chi connectivity index (χ4v) is 2.95. The molecule has 0 saturated heterocycles. The Morgan fingerprint density at radius 1 is 1.05 bits per heavy atom. The monoisotopic (exact) mass is 298 g/mol. The molecular weight excluding hydrogens is 272 g/mol. The lowest BCUT2D eigenvalue weighted by Gasteiger charge is -2.19. The van der Waals surface area contributed by atoms with Gasteiger partial charge in [0, 0.05) is 17.8 Å². The van der Waals surface area contributed by atoms with Gasteiger partial charge in [-0.1, -0.05) is 25.1 Å². The van der Waals surface area contributed by atoms with Crippen molar-refractivity contribution in [3.8, 4) is 0 Å². The fourth-order valence-electron chi connectivity index (χ4n) is 2.95. The second kappa shape index (κ2) is 6.49. The minimum absolute atomic E-state index is 0.0464. The summed E-state index contributed by atoms with van der Waals surface area (Å²) in [5.74, 6) is 0. The van der Waals surface area contributed by atoms with E-state index in [9.17, 15) is 4.79 Å². The lowest BCUT2D eigenvalue weighted by atomic mass is 9.94. The first kappa shape index (κ1) is 16.5. The van der Waals surface area contributed by atoms with Gasteiger partial charge in [-0.05, 0) is 62.4 Å². The van der Waals surface area contributed by atoms with E-state index in [0.717, 1.165) is 29.8 Å². The Balaban J connectivity index is 2.58. The number of aryl methyl sites for hydroxylation is 4. The number of hydrogen-bond donors (Lipinski definition) is 1. The summed E-state index contributed by atoms with van der Waals surface area (Å²) in [6.07, 6.45) is 0.933. The van der Waals surface area contributed by atoms with Gasteiger partial charge >= 0.3 is 0 Å². The second-order valence-electron chi connectivity index (χ2n) is 6.16. The van der Waals surface area contributed by atoms with Crippen LogP contribution < -0.4 is 11.3 Å². The Bertz CT molecular complexity index is 744. The first-order valence-corrected chi connectivity index (χ1v) is 7.90. The number of rotatable bonds is 4. The molecule has 3 heteroatoms. The van der Waals surface area contributed by atoms with E-state index in [1.165, 1.54) is 11.1 Å². The SMILES string of the molecule is CCCn1c(C)cc(C)c(C(N)c2ccc(C)c(C)c2)c1=O. The standard InChI is InChI=1S/C19H26N2O/c1-6-9-21-15(5)10-14(4)17(19(21)22)18(20)16-8-7-12(2)13(3)11-16/h7-8,10-11,18H,6,9,20H2,1-5H3. The molecule has 0 radical (unpaired) electrons. The van der Waals surface area contributed by atoms with Gasteiger partial charge in [-0.25, -0.2) is 0 Å². The van der Waals surface area contributed by atoms with E-state index >= 15 is 0 Å². The van der Waals surface area contributed by atoms with Crippen LogP contribution in [0.5, 0.6) is 0 Å². The third-order valence-electron chi connectivity index (χ3n) is 4.40. The van der Waals surface area contributed by atoms with Crippen molar-refractivity contribution in [3.05, 3.63) is 68.1 Å². The number of nitrogens with two attached hydrogens (primary N) is 1. The fraction of sp³-hybridized carbons (Fsp3) is 0.421. The van der Waals surface area contributed by atoms with Crippen molar-refractivity contribution in [2.24, 2.45) is 5.73 Å². The van der Waals surface area contributed by atoms with Gasteiger partial charge in [0.15, 0.2) is 0 Å². The van der Waals surface area contributed by atoms with Crippen LogP contribution in [0.3, 0.4) is 0 Å². The lowest BCUT2D eigenvalue weighted by Crippen LogP contribution is -2.31. The van der Waals surface area contributed by atoms with Gasteiger partial charge in [0.1, 0.15) is 0 Å². The highest BCUT2D eigenvalue weighted by molar-refractivity contribution is 5.39. The molecule has 0 saturated carbocycles. The molecule has 2 N–H and O–H groups in total. The van der Waals surface area contributed by atoms with Crippen LogP contribution in [0.4, 0.5) is 0 Å². The van der Waals surface area contributed by atoms with Crippen molar-refractivity contribution < 1.29 is 0 Å². The molecule has 0 aliphatic heterocycles. The average molecular weight is 298 g/mol. The maximum Gasteiger partial charge on any atom is 0.256 e. The summed E-state index contributed by atoms with van der Waals surface area (Å²) < 4.78 is 1.84. The van der Waals surface area contributed by atoms with E-state index in [0.29, 0.717) is 5.56 Å². The zero-order chi connectivity index (χ0) is 16.4. The van der Waals surface area contributed by atoms with Crippen LogP contribution in [0.25, 0.3) is 0 Å². The van der Waals surface area contributed by atoms with Crippen LogP contribution >= 0.6 is 0 Å². The molecule has 2 rings (SSSR count). The number of hydrogen-bond acceptors (Lipinski definition) is 2. The maximum atomic E-state index is 12.9. The maximum absolute atomic E-state index is 12.9. The van der Waals surface area contributed by atoms with E-state index in [4.69, 9.17) is 5.73 Å². The zero-order valence-corrected chi connectivity index (χ0v) is 14.2. The summed E-state index contributed by atoms with van der Waals surface area (Å²) in [7, 11) is 0. The summed E-state index contributed by atoms with van der Waals surface area (Å²) >= 11 is 0. The minimum atomic E-state index is -0.379. The van der Waals surface area contributed by atoms with E-state index in [1.807, 2.05) is 24.5 Å². The molecular formula is C19H26N2O. The van der Waals surface area contributed by atoms with E-state index in [-0.39, 0.29) is 11.6 Å². The first-order valence-electron chi connectivity index (χ1n) is 7.90. The number of benzene rings is 1. The van der Waals surface area contributed by atoms with Gasteiger partial charge in [-0.2, -0.15) is 0 Å². The predicted octanol–water partition coefficient (Wildman–Crippen LogP) is 3.54. The minimum Gasteiger partial charge on any atom is -0.320 e. The Kier molecular flexibility index (Phi) is 4.87. The average Bonchev–Trinajstić information content (AvgIpc) is 2.46. The molecule has 3 nitrogen and oxygen atoms in total. The molecule has 2 aromatic rings. The Labute approximate surface area is 132 Å². The number of nitrogens with zero attached hydrogens (tertiary/aromatic N) is 1. The molecule has 0 spiro atoms. The molecule has 1 heterocycles. The van der Waals surface area contributed by atoms with Gasteiger partial charge < -0.3 is 10.3 Å². The van der Waals surface area contributed by atoms with Crippen molar-refractivity contribution in [1.29, 1.82) is 0 Å². The van der Waals surface area contributed by atoms with Crippen molar-refractivity contribution >= 4 is 0 Å². The van der Waals surface area contributed by atoms with Crippen LogP contribution in [0.2, 0.25) is 0 Å². The van der Waals surface area contributed by atoms with Crippen molar-refractivity contribution in [1.82, 2.24) is 4.57 Å². The van der Waals surface area contributed by atoms with Crippen LogP contribution in [-0.2, 0) is 6.54 Å². The summed E-state index contributed by atoms with van der Waals surface area (Å²) in [6, 6.07) is 7.86. The summed E-state index contributed by atoms with van der Waals surface area (Å²) in [5, 5.41) is 0. The Morgan fingerprint density at radius 3 is 2.32 bits per heavy atom. The quantitative estimate of drug-likeness (QED) is 0.938. The van der Waals surface area contributed by atoms with Gasteiger partial charge in [0.25, 0.3) is 5.56 Å². The molecule has 1 aromatic heterocycles. The van der Waals surface area contributed by atoms with Crippen LogP contribution in [0.1, 0.15) is 52.9 Å². The molecule has 0 fully saturated rings. The van der Waals surface area contributed by atoms with Crippen LogP contribution in [0.15, 0.2) is 29.1 Å². The molecule has 0 bridgehead atoms. The molecule has 118 valence electrons. The van der Waals surface area contributed by atoms with Gasteiger partial charge in [-0.3, -0.25) is 4.79 Å². The predicted molar refractivity (Wildman–Crippen MR) is 92.4 cm³/mol. The highest BCUT2D eigenvalue weighted by Crippen LogP contribution is 2.22. The molecule has 1 aromatic carbocycles. The van der Waals surface area contributed by atoms with Crippen LogP contribution in [-0.4, -0.2) is 4.57 Å². The van der Waals surface area contributed by atoms with Crippen molar-refractivity contribution in [2.75, 3.05) is 0 Å². The molecule has 22 heavy (non-hydrogen) atoms. The third kappa shape index (κ3) is 3.00. The topological polar surface area (TPSA) is 48.0 Å². The number of pyridine rings is 1. The second-order valence-corrected chi connectivity index (χ2v) is 6.16. The first-order chi connectivity index (χ1) is 10.4. The van der Waals surface area contributed by atoms with Gasteiger partial charge in [-0.15, -0.1) is 0 Å². The molecule has 0 aliphatic rings. The molecule has 0 amide bonds. The normalized spacial score (nSPS) is 12.5. The smallest absolute Gasteiger partial charge is 0.256 e. The third-order valence-corrected chi connectivity index (χ3v) is 4.40. The lowest BCUT2D eigenvalue weighted by molar-refractivity contribution is 0.620. The van der Waals surface area contributed by atoms with Crippen molar-refractivity contribution in [3.63, 3.8) is 0 Å². The zero-order valence-electron chi connectivity index (χ0n) is 14.2. The summed E-state index contributed by atoms with van der Waals surface area (Å²) in [6.45, 7) is 10.9. The Morgan fingerprint density at radius 2 is 1.73 bits per heavy atom. The molecule has 1 atom stereocenters. The molecule has 1 unspecified atom stereocenters. The van der Waals surface area contributed by atoms with Crippen molar-refractivity contribution in [2.45, 2.75) is 53.6 Å². The number of aromatic nitrogens is 1. The summed E-state index contributed by atoms with van der Waals surface area (Å²) in [5.41, 5.74) is 12.6. The highest BCUT2D eigenvalue weighted by Gasteiger charge is 2.18.